The molecule has 0 aliphatic carbocycles. The van der Waals surface area contributed by atoms with Crippen LogP contribution in [0.5, 0.6) is 5.75 Å². The van der Waals surface area contributed by atoms with Gasteiger partial charge in [0.2, 0.25) is 0 Å². The van der Waals surface area contributed by atoms with Crippen molar-refractivity contribution in [2.24, 2.45) is 0 Å². The summed E-state index contributed by atoms with van der Waals surface area (Å²) in [7, 11) is -4.35. The molecule has 112 valence electrons. The zero-order valence-corrected chi connectivity index (χ0v) is 13.2. The average molecular weight is 399 g/mol. The molecule has 0 bridgehead atoms. The van der Waals surface area contributed by atoms with Crippen LogP contribution < -0.4 is 4.72 Å². The monoisotopic (exact) mass is 397 g/mol. The molecule has 0 amide bonds. The molecule has 0 aliphatic rings. The Morgan fingerprint density at radius 2 is 1.86 bits per heavy atom. The smallest absolute Gasteiger partial charge is 0.264 e. The van der Waals surface area contributed by atoms with Crippen LogP contribution in [0.25, 0.3) is 0 Å². The Kier molecular flexibility index (Phi) is 4.40. The first-order valence-corrected chi connectivity index (χ1v) is 8.02. The summed E-state index contributed by atoms with van der Waals surface area (Å²) in [4.78, 5) is -0.648. The van der Waals surface area contributed by atoms with Crippen LogP contribution in [0.15, 0.2) is 39.7 Å². The number of nitrogens with one attached hydrogen (secondary N) is 1. The number of halogens is 4. The minimum Gasteiger partial charge on any atom is -0.504 e. The third-order valence-corrected chi connectivity index (χ3v) is 4.64. The van der Waals surface area contributed by atoms with Crippen molar-refractivity contribution in [3.05, 3.63) is 51.5 Å². The van der Waals surface area contributed by atoms with Crippen LogP contribution in [0.4, 0.5) is 14.5 Å². The summed E-state index contributed by atoms with van der Waals surface area (Å²) in [6.07, 6.45) is 0. The van der Waals surface area contributed by atoms with Gasteiger partial charge in [0.05, 0.1) is 10.7 Å². The molecule has 9 heteroatoms. The van der Waals surface area contributed by atoms with E-state index in [9.17, 15) is 22.3 Å². The van der Waals surface area contributed by atoms with Crippen molar-refractivity contribution in [2.75, 3.05) is 4.72 Å². The molecule has 0 atom stereocenters. The molecular weight excluding hydrogens is 392 g/mol. The van der Waals surface area contributed by atoms with Gasteiger partial charge in [-0.2, -0.15) is 0 Å². The largest absolute Gasteiger partial charge is 0.504 e. The summed E-state index contributed by atoms with van der Waals surface area (Å²) in [5, 5.41) is 9.25. The van der Waals surface area contributed by atoms with E-state index in [1.54, 1.807) is 0 Å². The minimum absolute atomic E-state index is 0.357. The first-order valence-electron chi connectivity index (χ1n) is 5.36. The highest BCUT2D eigenvalue weighted by atomic mass is 79.9. The van der Waals surface area contributed by atoms with E-state index in [2.05, 4.69) is 15.9 Å². The van der Waals surface area contributed by atoms with Gasteiger partial charge in [-0.1, -0.05) is 27.5 Å². The van der Waals surface area contributed by atoms with Crippen molar-refractivity contribution in [1.82, 2.24) is 0 Å². The second kappa shape index (κ2) is 5.78. The minimum atomic E-state index is -4.35. The van der Waals surface area contributed by atoms with Crippen LogP contribution in [-0.2, 0) is 10.0 Å². The number of phenols is 1. The van der Waals surface area contributed by atoms with E-state index < -0.39 is 38.0 Å². The number of aromatic hydroxyl groups is 1. The maximum atomic E-state index is 13.7. The Labute approximate surface area is 132 Å². The van der Waals surface area contributed by atoms with E-state index >= 15 is 0 Å². The van der Waals surface area contributed by atoms with Crippen LogP contribution in [0, 0.1) is 11.6 Å². The molecule has 0 unspecified atom stereocenters. The molecule has 2 N–H and O–H groups in total. The standard InChI is InChI=1S/C12H7BrClF2NO3S/c13-6-1-2-11(9(16)3-6)21(19,20)17-10-5-7(15)4-8(14)12(10)18/h1-5,17-18H. The maximum absolute atomic E-state index is 13.7. The average Bonchev–Trinajstić information content (AvgIpc) is 2.34. The molecule has 2 aromatic rings. The lowest BCUT2D eigenvalue weighted by atomic mass is 10.3. The van der Waals surface area contributed by atoms with E-state index in [-0.39, 0.29) is 5.02 Å². The van der Waals surface area contributed by atoms with Gasteiger partial charge in [0, 0.05) is 10.5 Å². The van der Waals surface area contributed by atoms with Crippen molar-refractivity contribution in [3.8, 4) is 5.75 Å². The van der Waals surface area contributed by atoms with Crippen LogP contribution >= 0.6 is 27.5 Å². The van der Waals surface area contributed by atoms with Gasteiger partial charge in [-0.15, -0.1) is 0 Å². The van der Waals surface area contributed by atoms with Gasteiger partial charge in [-0.3, -0.25) is 4.72 Å². The first kappa shape index (κ1) is 16.0. The molecular formula is C12H7BrClF2NO3S. The van der Waals surface area contributed by atoms with Crippen molar-refractivity contribution in [1.29, 1.82) is 0 Å². The lowest BCUT2D eigenvalue weighted by Gasteiger charge is -2.11. The second-order valence-corrected chi connectivity index (χ2v) is 6.94. The lowest BCUT2D eigenvalue weighted by molar-refractivity contribution is 0.476. The molecule has 2 rings (SSSR count). The van der Waals surface area contributed by atoms with Gasteiger partial charge in [0.15, 0.2) is 5.75 Å². The lowest BCUT2D eigenvalue weighted by Crippen LogP contribution is -2.15. The number of anilines is 1. The third-order valence-electron chi connectivity index (χ3n) is 2.46. The number of hydrogen-bond acceptors (Lipinski definition) is 3. The highest BCUT2D eigenvalue weighted by Gasteiger charge is 2.22. The zero-order valence-electron chi connectivity index (χ0n) is 10.1. The van der Waals surface area contributed by atoms with Crippen molar-refractivity contribution < 1.29 is 22.3 Å². The van der Waals surface area contributed by atoms with Gasteiger partial charge < -0.3 is 5.11 Å². The third kappa shape index (κ3) is 3.45. The second-order valence-electron chi connectivity index (χ2n) is 3.96. The van der Waals surface area contributed by atoms with Crippen molar-refractivity contribution in [3.63, 3.8) is 0 Å². The Balaban J connectivity index is 2.47. The number of sulfonamides is 1. The number of benzene rings is 2. The van der Waals surface area contributed by atoms with E-state index in [0.29, 0.717) is 4.47 Å². The summed E-state index contributed by atoms with van der Waals surface area (Å²) in [6, 6.07) is 4.87. The molecule has 0 radical (unpaired) electrons. The summed E-state index contributed by atoms with van der Waals surface area (Å²) in [5.41, 5.74) is -0.484. The van der Waals surface area contributed by atoms with Crippen LogP contribution in [-0.4, -0.2) is 13.5 Å². The fourth-order valence-electron chi connectivity index (χ4n) is 1.54. The fourth-order valence-corrected chi connectivity index (χ4v) is 3.19. The molecule has 0 saturated heterocycles. The molecule has 0 saturated carbocycles. The molecule has 0 spiro atoms. The molecule has 2 aromatic carbocycles. The molecule has 0 aromatic heterocycles. The Morgan fingerprint density at radius 1 is 1.19 bits per heavy atom. The summed E-state index contributed by atoms with van der Waals surface area (Å²) >= 11 is 8.54. The fraction of sp³-hybridized carbons (Fsp3) is 0. The van der Waals surface area contributed by atoms with E-state index in [4.69, 9.17) is 11.6 Å². The summed E-state index contributed by atoms with van der Waals surface area (Å²) in [5.74, 6) is -2.51. The van der Waals surface area contributed by atoms with E-state index in [0.717, 1.165) is 24.3 Å². The Hall–Kier alpha value is -1.38. The predicted molar refractivity (Wildman–Crippen MR) is 78.0 cm³/mol. The SMILES string of the molecule is O=S(=O)(Nc1cc(F)cc(Cl)c1O)c1ccc(Br)cc1F. The summed E-state index contributed by atoms with van der Waals surface area (Å²) in [6.45, 7) is 0. The molecule has 4 nitrogen and oxygen atoms in total. The van der Waals surface area contributed by atoms with Crippen LogP contribution in [0.3, 0.4) is 0 Å². The van der Waals surface area contributed by atoms with Gasteiger partial charge in [0.1, 0.15) is 16.5 Å². The predicted octanol–water partition coefficient (Wildman–Crippen LogP) is 3.89. The molecule has 0 aliphatic heterocycles. The van der Waals surface area contributed by atoms with Crippen LogP contribution in [0.1, 0.15) is 0 Å². The van der Waals surface area contributed by atoms with Gasteiger partial charge in [-0.25, -0.2) is 17.2 Å². The number of rotatable bonds is 3. The topological polar surface area (TPSA) is 66.4 Å². The van der Waals surface area contributed by atoms with Crippen molar-refractivity contribution in [2.45, 2.75) is 4.90 Å². The quantitative estimate of drug-likeness (QED) is 0.771. The molecule has 0 heterocycles. The summed E-state index contributed by atoms with van der Waals surface area (Å²) < 4.78 is 53.3. The zero-order chi connectivity index (χ0) is 15.8. The van der Waals surface area contributed by atoms with E-state index in [1.807, 2.05) is 4.72 Å². The number of hydrogen-bond donors (Lipinski definition) is 2. The first-order chi connectivity index (χ1) is 9.70. The highest BCUT2D eigenvalue weighted by Crippen LogP contribution is 2.34. The van der Waals surface area contributed by atoms with Crippen LogP contribution in [0.2, 0.25) is 5.02 Å². The van der Waals surface area contributed by atoms with Gasteiger partial charge in [0.25, 0.3) is 10.0 Å². The van der Waals surface area contributed by atoms with E-state index in [1.165, 1.54) is 6.07 Å². The Bertz CT molecular complexity index is 814. The maximum Gasteiger partial charge on any atom is 0.264 e. The van der Waals surface area contributed by atoms with Gasteiger partial charge >= 0.3 is 0 Å². The number of phenolic OH excluding ortho intramolecular Hbond substituents is 1. The normalized spacial score (nSPS) is 11.4. The molecule has 0 fully saturated rings. The van der Waals surface area contributed by atoms with Crippen molar-refractivity contribution >= 4 is 43.2 Å². The molecule has 21 heavy (non-hydrogen) atoms. The highest BCUT2D eigenvalue weighted by molar-refractivity contribution is 9.10. The Morgan fingerprint density at radius 3 is 2.48 bits per heavy atom. The van der Waals surface area contributed by atoms with Gasteiger partial charge in [-0.05, 0) is 24.3 Å².